The van der Waals surface area contributed by atoms with Gasteiger partial charge in [-0.1, -0.05) is 26.7 Å². The minimum atomic E-state index is -1.06. The first-order valence-electron chi connectivity index (χ1n) is 13.1. The summed E-state index contributed by atoms with van der Waals surface area (Å²) < 4.78 is 10.6. The first-order chi connectivity index (χ1) is 16.4. The summed E-state index contributed by atoms with van der Waals surface area (Å²) in [5.41, 5.74) is -2.28. The minimum absolute atomic E-state index is 0. The van der Waals surface area contributed by atoms with Crippen molar-refractivity contribution in [3.8, 4) is 0 Å². The number of carboxylic acids is 1. The van der Waals surface area contributed by atoms with Crippen LogP contribution in [0.15, 0.2) is 0 Å². The van der Waals surface area contributed by atoms with Crippen molar-refractivity contribution in [2.24, 2.45) is 10.8 Å². The number of ether oxygens (including phenoxy) is 2. The first-order valence-corrected chi connectivity index (χ1v) is 13.1. The molecule has 0 aromatic heterocycles. The van der Waals surface area contributed by atoms with Gasteiger partial charge in [0.05, 0.1) is 0 Å². The average molecular weight is 535 g/mol. The summed E-state index contributed by atoms with van der Waals surface area (Å²) >= 11 is 0. The molecule has 2 fully saturated rings. The summed E-state index contributed by atoms with van der Waals surface area (Å²) in [5.74, 6) is -0.870. The van der Waals surface area contributed by atoms with E-state index >= 15 is 0 Å². The maximum atomic E-state index is 12.0. The molecule has 0 aliphatic carbocycles. The van der Waals surface area contributed by atoms with Crippen LogP contribution in [0, 0.1) is 10.8 Å². The van der Waals surface area contributed by atoms with Crippen molar-refractivity contribution in [3.63, 3.8) is 0 Å². The van der Waals surface area contributed by atoms with Gasteiger partial charge < -0.3 is 29.2 Å². The summed E-state index contributed by atoms with van der Waals surface area (Å²) in [6.07, 6.45) is 3.56. The number of carboxylic acid groups (broad SMARTS) is 1. The van der Waals surface area contributed by atoms with Gasteiger partial charge in [-0.05, 0) is 74.1 Å². The summed E-state index contributed by atoms with van der Waals surface area (Å²) in [4.78, 5) is 50.1. The third-order valence-electron chi connectivity index (χ3n) is 6.65. The van der Waals surface area contributed by atoms with Gasteiger partial charge in [0.25, 0.3) is 0 Å². The molecule has 0 aromatic carbocycles. The zero-order chi connectivity index (χ0) is 27.9. The number of hydrogen-bond acceptors (Lipinski definition) is 7. The number of aliphatic carboxylic acids is 1. The van der Waals surface area contributed by atoms with Crippen LogP contribution in [0.4, 0.5) is 9.59 Å². The van der Waals surface area contributed by atoms with Gasteiger partial charge in [0.1, 0.15) is 17.0 Å². The van der Waals surface area contributed by atoms with Crippen molar-refractivity contribution >= 4 is 23.9 Å². The van der Waals surface area contributed by atoms with Crippen molar-refractivity contribution in [2.75, 3.05) is 26.2 Å². The van der Waals surface area contributed by atoms with E-state index in [4.69, 9.17) is 9.47 Å². The summed E-state index contributed by atoms with van der Waals surface area (Å²) in [6, 6.07) is 0. The van der Waals surface area contributed by atoms with Crippen LogP contribution in [0.1, 0.15) is 101 Å². The Bertz CT molecular complexity index is 740. The number of carbonyl (C=O) groups excluding carboxylic acids is 4. The van der Waals surface area contributed by atoms with Gasteiger partial charge in [-0.3, -0.25) is 4.79 Å². The first kappa shape index (κ1) is 35.7. The standard InChI is InChI=1S/C14H25NO3.C13H23NO4.Na/c1-6-7-14(11(2)16)8-9-15(10-14)12(17)18-13(3,4)5;1-5-6-13(10(15)16)7-8-14(9-13)11(17)18-12(2,3)4;/h6-10H2,1-5H3;5-9H2,1-4H3,(H,15,16);/q;;+1/p-1/t14-;13-;/m00./s1. The maximum Gasteiger partial charge on any atom is 1.00 e. The zero-order valence-electron chi connectivity index (χ0n) is 24.8. The Morgan fingerprint density at radius 1 is 0.757 bits per heavy atom. The minimum Gasteiger partial charge on any atom is -0.549 e. The van der Waals surface area contributed by atoms with Crippen LogP contribution in [0.5, 0.6) is 0 Å². The Balaban J connectivity index is 0.000000682. The molecule has 2 amide bonds. The quantitative estimate of drug-likeness (QED) is 0.470. The topological polar surface area (TPSA) is 116 Å². The Kier molecular flexibility index (Phi) is 13.7. The number of nitrogens with zero attached hydrogens (tertiary/aromatic N) is 2. The molecule has 2 heterocycles. The van der Waals surface area contributed by atoms with Crippen LogP contribution in [0.2, 0.25) is 0 Å². The Hall–Kier alpha value is -1.32. The van der Waals surface area contributed by atoms with Crippen molar-refractivity contribution in [3.05, 3.63) is 0 Å². The predicted molar refractivity (Wildman–Crippen MR) is 135 cm³/mol. The molecular formula is C27H47N2NaO7. The molecule has 0 radical (unpaired) electrons. The third-order valence-corrected chi connectivity index (χ3v) is 6.65. The molecule has 208 valence electrons. The van der Waals surface area contributed by atoms with Gasteiger partial charge >= 0.3 is 41.7 Å². The van der Waals surface area contributed by atoms with Gasteiger partial charge in [-0.15, -0.1) is 0 Å². The van der Waals surface area contributed by atoms with E-state index < -0.39 is 28.7 Å². The smallest absolute Gasteiger partial charge is 0.549 e. The van der Waals surface area contributed by atoms with Crippen LogP contribution in [-0.4, -0.2) is 71.1 Å². The molecule has 10 heteroatoms. The molecule has 2 atom stereocenters. The van der Waals surface area contributed by atoms with Crippen molar-refractivity contribution in [2.45, 2.75) is 112 Å². The van der Waals surface area contributed by atoms with Crippen LogP contribution in [0.3, 0.4) is 0 Å². The molecule has 0 spiro atoms. The molecule has 37 heavy (non-hydrogen) atoms. The van der Waals surface area contributed by atoms with E-state index in [1.165, 1.54) is 4.90 Å². The van der Waals surface area contributed by atoms with E-state index in [0.29, 0.717) is 32.5 Å². The van der Waals surface area contributed by atoms with E-state index in [2.05, 4.69) is 6.92 Å². The fourth-order valence-electron chi connectivity index (χ4n) is 4.81. The number of rotatable bonds is 6. The molecule has 2 aliphatic heterocycles. The average Bonchev–Trinajstić information content (AvgIpc) is 3.33. The molecule has 0 unspecified atom stereocenters. The number of amides is 2. The van der Waals surface area contributed by atoms with Crippen molar-refractivity contribution in [1.82, 2.24) is 9.80 Å². The van der Waals surface area contributed by atoms with Crippen LogP contribution in [0.25, 0.3) is 0 Å². The van der Waals surface area contributed by atoms with Gasteiger partial charge in [0.2, 0.25) is 0 Å². The Morgan fingerprint density at radius 2 is 1.11 bits per heavy atom. The van der Waals surface area contributed by atoms with Gasteiger partial charge in [0.15, 0.2) is 0 Å². The normalized spacial score (nSPS) is 23.5. The summed E-state index contributed by atoms with van der Waals surface area (Å²) in [6.45, 7) is 18.3. The van der Waals surface area contributed by atoms with Crippen molar-refractivity contribution in [1.29, 1.82) is 0 Å². The third kappa shape index (κ3) is 10.8. The second-order valence-corrected chi connectivity index (χ2v) is 12.2. The molecular weight excluding hydrogens is 487 g/mol. The van der Waals surface area contributed by atoms with Crippen LogP contribution < -0.4 is 34.7 Å². The second kappa shape index (κ2) is 14.2. The number of Topliss-reactive ketones (excluding diaryl/α,β-unsaturated/α-hetero) is 1. The zero-order valence-corrected chi connectivity index (χ0v) is 26.8. The van der Waals surface area contributed by atoms with Gasteiger partial charge in [-0.2, -0.15) is 0 Å². The van der Waals surface area contributed by atoms with Crippen LogP contribution in [-0.2, 0) is 19.1 Å². The van der Waals surface area contributed by atoms with Crippen LogP contribution >= 0.6 is 0 Å². The summed E-state index contributed by atoms with van der Waals surface area (Å²) in [7, 11) is 0. The SMILES string of the molecule is CCC[C@]1(C(=O)[O-])CCN(C(=O)OC(C)(C)C)C1.CCC[C@]1(C(C)=O)CCN(C(=O)OC(C)(C)C)C1.[Na+]. The number of carbonyl (C=O) groups is 4. The monoisotopic (exact) mass is 534 g/mol. The van der Waals surface area contributed by atoms with E-state index in [9.17, 15) is 24.3 Å². The van der Waals surface area contributed by atoms with Gasteiger partial charge in [0, 0.05) is 43.0 Å². The molecule has 9 nitrogen and oxygen atoms in total. The largest absolute Gasteiger partial charge is 1.00 e. The van der Waals surface area contributed by atoms with E-state index in [1.807, 2.05) is 27.7 Å². The molecule has 2 rings (SSSR count). The van der Waals surface area contributed by atoms with Gasteiger partial charge in [-0.25, -0.2) is 9.59 Å². The maximum absolute atomic E-state index is 12.0. The second-order valence-electron chi connectivity index (χ2n) is 12.2. The number of hydrogen-bond donors (Lipinski definition) is 0. The summed E-state index contributed by atoms with van der Waals surface area (Å²) in [5, 5.41) is 11.3. The Morgan fingerprint density at radius 3 is 1.43 bits per heavy atom. The number of ketones is 1. The van der Waals surface area contributed by atoms with E-state index in [-0.39, 0.29) is 53.4 Å². The molecule has 2 aliphatic rings. The number of likely N-dealkylation sites (tertiary alicyclic amines) is 2. The fraction of sp³-hybridized carbons (Fsp3) is 0.852. The fourth-order valence-corrected chi connectivity index (χ4v) is 4.81. The Labute approximate surface area is 245 Å². The molecule has 2 saturated heterocycles. The van der Waals surface area contributed by atoms with Crippen molar-refractivity contribution < 1.29 is 63.3 Å². The van der Waals surface area contributed by atoms with E-state index in [1.54, 1.807) is 32.6 Å². The molecule has 0 aromatic rings. The predicted octanol–water partition coefficient (Wildman–Crippen LogP) is 1.17. The molecule has 0 N–H and O–H groups in total. The molecule has 0 saturated carbocycles. The molecule has 0 bridgehead atoms. The van der Waals surface area contributed by atoms with E-state index in [0.717, 1.165) is 25.7 Å².